The fourth-order valence-corrected chi connectivity index (χ4v) is 0.938. The Labute approximate surface area is 62.4 Å². The van der Waals surface area contributed by atoms with Gasteiger partial charge in [0.1, 0.15) is 6.10 Å². The van der Waals surface area contributed by atoms with Gasteiger partial charge in [0.05, 0.1) is 19.1 Å². The number of carbonyl (C=O) groups excluding carboxylic acids is 1. The van der Waals surface area contributed by atoms with Gasteiger partial charge in [-0.1, -0.05) is 5.11 Å². The number of azide groups is 1. The molecule has 1 aliphatic heterocycles. The van der Waals surface area contributed by atoms with Crippen molar-refractivity contribution < 1.29 is 14.6 Å². The van der Waals surface area contributed by atoms with Gasteiger partial charge in [-0.3, -0.25) is 4.79 Å². The summed E-state index contributed by atoms with van der Waals surface area (Å²) in [6.45, 7) is -0.296. The Balaban J connectivity index is 2.64. The maximum absolute atomic E-state index is 10.6. The van der Waals surface area contributed by atoms with E-state index in [2.05, 4.69) is 14.8 Å². The van der Waals surface area contributed by atoms with E-state index in [1.807, 2.05) is 0 Å². The molecule has 0 bridgehead atoms. The van der Waals surface area contributed by atoms with Crippen LogP contribution in [0.5, 0.6) is 0 Å². The van der Waals surface area contributed by atoms with Gasteiger partial charge in [-0.15, -0.1) is 0 Å². The van der Waals surface area contributed by atoms with Crippen LogP contribution in [0.1, 0.15) is 6.42 Å². The predicted molar refractivity (Wildman–Crippen MR) is 34.5 cm³/mol. The fourth-order valence-electron chi connectivity index (χ4n) is 0.938. The van der Waals surface area contributed by atoms with Gasteiger partial charge in [0, 0.05) is 4.91 Å². The topological polar surface area (TPSA) is 95.3 Å². The zero-order chi connectivity index (χ0) is 8.27. The molecule has 0 aliphatic carbocycles. The lowest BCUT2D eigenvalue weighted by atomic mass is 10.2. The molecule has 0 spiro atoms. The summed E-state index contributed by atoms with van der Waals surface area (Å²) in [5.74, 6) is -0.429. The first-order valence-electron chi connectivity index (χ1n) is 3.12. The van der Waals surface area contributed by atoms with Crippen molar-refractivity contribution in [1.29, 1.82) is 0 Å². The van der Waals surface area contributed by atoms with Gasteiger partial charge in [0.2, 0.25) is 0 Å². The van der Waals surface area contributed by atoms with Crippen molar-refractivity contribution in [2.45, 2.75) is 18.6 Å². The molecule has 1 N–H and O–H groups in total. The Morgan fingerprint density at radius 1 is 1.91 bits per heavy atom. The lowest BCUT2D eigenvalue weighted by Crippen LogP contribution is -2.22. The maximum atomic E-state index is 10.6. The van der Waals surface area contributed by atoms with Crippen molar-refractivity contribution in [1.82, 2.24) is 0 Å². The van der Waals surface area contributed by atoms with Crippen LogP contribution in [0.3, 0.4) is 0 Å². The van der Waals surface area contributed by atoms with Crippen LogP contribution in [0.15, 0.2) is 5.11 Å². The molecule has 1 saturated heterocycles. The van der Waals surface area contributed by atoms with Gasteiger partial charge in [-0.2, -0.15) is 0 Å². The SMILES string of the molecule is [N-]=[N+]=NC1CC(=O)OC1CO. The molecule has 6 nitrogen and oxygen atoms in total. The third kappa shape index (κ3) is 1.60. The van der Waals surface area contributed by atoms with E-state index in [9.17, 15) is 4.79 Å². The maximum Gasteiger partial charge on any atom is 0.306 e. The van der Waals surface area contributed by atoms with E-state index in [-0.39, 0.29) is 13.0 Å². The molecule has 0 aromatic heterocycles. The van der Waals surface area contributed by atoms with Crippen LogP contribution in [0, 0.1) is 0 Å². The number of carbonyl (C=O) groups is 1. The summed E-state index contributed by atoms with van der Waals surface area (Å²) < 4.78 is 4.62. The monoisotopic (exact) mass is 157 g/mol. The van der Waals surface area contributed by atoms with Crippen LogP contribution >= 0.6 is 0 Å². The summed E-state index contributed by atoms with van der Waals surface area (Å²) in [7, 11) is 0. The Hall–Kier alpha value is -1.26. The Kier molecular flexibility index (Phi) is 2.30. The molecule has 60 valence electrons. The Morgan fingerprint density at radius 2 is 2.64 bits per heavy atom. The summed E-state index contributed by atoms with van der Waals surface area (Å²) in [5.41, 5.74) is 8.04. The summed E-state index contributed by atoms with van der Waals surface area (Å²) >= 11 is 0. The molecule has 0 amide bonds. The minimum atomic E-state index is -0.654. The van der Waals surface area contributed by atoms with Crippen molar-refractivity contribution in [2.75, 3.05) is 6.61 Å². The van der Waals surface area contributed by atoms with E-state index in [1.54, 1.807) is 0 Å². The van der Waals surface area contributed by atoms with Crippen LogP contribution in [-0.2, 0) is 9.53 Å². The van der Waals surface area contributed by atoms with Crippen LogP contribution < -0.4 is 0 Å². The zero-order valence-electron chi connectivity index (χ0n) is 5.67. The number of aliphatic hydroxyl groups is 1. The number of rotatable bonds is 2. The molecule has 0 aromatic rings. The van der Waals surface area contributed by atoms with Gasteiger partial charge in [0.15, 0.2) is 0 Å². The molecule has 0 aromatic carbocycles. The third-order valence-electron chi connectivity index (χ3n) is 1.47. The minimum absolute atomic E-state index is 0.0648. The van der Waals surface area contributed by atoms with E-state index in [4.69, 9.17) is 10.6 Å². The number of esters is 1. The number of hydrogen-bond donors (Lipinski definition) is 1. The molecule has 1 rings (SSSR count). The summed E-state index contributed by atoms with van der Waals surface area (Å²) in [6, 6.07) is -0.544. The highest BCUT2D eigenvalue weighted by molar-refractivity contribution is 5.72. The predicted octanol–water partition coefficient (Wildman–Crippen LogP) is -0.0269. The summed E-state index contributed by atoms with van der Waals surface area (Å²) in [4.78, 5) is 13.1. The molecular weight excluding hydrogens is 150 g/mol. The van der Waals surface area contributed by atoms with Gasteiger partial charge in [0.25, 0.3) is 0 Å². The molecule has 2 atom stereocenters. The largest absolute Gasteiger partial charge is 0.459 e. The van der Waals surface area contributed by atoms with Crippen molar-refractivity contribution >= 4 is 5.97 Å². The second kappa shape index (κ2) is 3.23. The average Bonchev–Trinajstić information content (AvgIpc) is 2.32. The fraction of sp³-hybridized carbons (Fsp3) is 0.800. The lowest BCUT2D eigenvalue weighted by molar-refractivity contribution is -0.142. The highest BCUT2D eigenvalue weighted by Gasteiger charge is 2.33. The second-order valence-corrected chi connectivity index (χ2v) is 2.19. The normalized spacial score (nSPS) is 29.4. The molecule has 1 fully saturated rings. The molecule has 11 heavy (non-hydrogen) atoms. The first-order chi connectivity index (χ1) is 5.27. The summed E-state index contributed by atoms with van der Waals surface area (Å²) in [5, 5.41) is 11.9. The standard InChI is InChI=1S/C5H7N3O3/c6-8-7-3-1-5(10)11-4(3)2-9/h3-4,9H,1-2H2. The van der Waals surface area contributed by atoms with Crippen LogP contribution in [0.4, 0.5) is 0 Å². The molecule has 2 unspecified atom stereocenters. The zero-order valence-corrected chi connectivity index (χ0v) is 5.67. The van der Waals surface area contributed by atoms with Crippen molar-refractivity contribution in [2.24, 2.45) is 5.11 Å². The molecule has 0 saturated carbocycles. The molecular formula is C5H7N3O3. The van der Waals surface area contributed by atoms with Crippen LogP contribution in [0.25, 0.3) is 10.4 Å². The molecule has 6 heteroatoms. The minimum Gasteiger partial charge on any atom is -0.459 e. The highest BCUT2D eigenvalue weighted by atomic mass is 16.6. The highest BCUT2D eigenvalue weighted by Crippen LogP contribution is 2.17. The quantitative estimate of drug-likeness (QED) is 0.264. The van der Waals surface area contributed by atoms with Gasteiger partial charge in [-0.05, 0) is 5.53 Å². The van der Waals surface area contributed by atoms with E-state index in [0.717, 1.165) is 0 Å². The smallest absolute Gasteiger partial charge is 0.306 e. The van der Waals surface area contributed by atoms with E-state index in [1.165, 1.54) is 0 Å². The second-order valence-electron chi connectivity index (χ2n) is 2.19. The molecule has 0 radical (unpaired) electrons. The average molecular weight is 157 g/mol. The number of hydrogen-bond acceptors (Lipinski definition) is 4. The lowest BCUT2D eigenvalue weighted by Gasteiger charge is -2.07. The Bertz CT molecular complexity index is 211. The third-order valence-corrected chi connectivity index (χ3v) is 1.47. The number of nitrogens with zero attached hydrogens (tertiary/aromatic N) is 3. The molecule has 1 aliphatic rings. The number of ether oxygens (including phenoxy) is 1. The van der Waals surface area contributed by atoms with Crippen molar-refractivity contribution in [3.05, 3.63) is 10.4 Å². The Morgan fingerprint density at radius 3 is 3.18 bits per heavy atom. The molecule has 1 heterocycles. The number of aliphatic hydroxyl groups excluding tert-OH is 1. The van der Waals surface area contributed by atoms with Crippen LogP contribution in [-0.4, -0.2) is 29.8 Å². The van der Waals surface area contributed by atoms with Crippen molar-refractivity contribution in [3.8, 4) is 0 Å². The van der Waals surface area contributed by atoms with E-state index >= 15 is 0 Å². The van der Waals surface area contributed by atoms with Crippen molar-refractivity contribution in [3.63, 3.8) is 0 Å². The van der Waals surface area contributed by atoms with Gasteiger partial charge < -0.3 is 9.84 Å². The number of cyclic esters (lactones) is 1. The van der Waals surface area contributed by atoms with E-state index in [0.29, 0.717) is 0 Å². The summed E-state index contributed by atoms with van der Waals surface area (Å²) in [6.07, 6.45) is -0.589. The van der Waals surface area contributed by atoms with E-state index < -0.39 is 18.1 Å². The van der Waals surface area contributed by atoms with Crippen LogP contribution in [0.2, 0.25) is 0 Å². The van der Waals surface area contributed by atoms with Gasteiger partial charge >= 0.3 is 5.97 Å². The van der Waals surface area contributed by atoms with Gasteiger partial charge in [-0.25, -0.2) is 0 Å². The first kappa shape index (κ1) is 7.84. The first-order valence-corrected chi connectivity index (χ1v) is 3.12.